The third kappa shape index (κ3) is 6.63. The molecule has 1 heterocycles. The van der Waals surface area contributed by atoms with Crippen molar-refractivity contribution in [3.63, 3.8) is 0 Å². The Hall–Kier alpha value is -3.52. The molecule has 1 aliphatic rings. The van der Waals surface area contributed by atoms with E-state index in [1.807, 2.05) is 36.4 Å². The van der Waals surface area contributed by atoms with Crippen molar-refractivity contribution in [3.05, 3.63) is 89.7 Å². The molecule has 0 radical (unpaired) electrons. The zero-order valence-electron chi connectivity index (χ0n) is 21.3. The number of carbonyl (C=O) groups is 2. The van der Waals surface area contributed by atoms with Gasteiger partial charge in [-0.25, -0.2) is 9.18 Å². The molecule has 37 heavy (non-hydrogen) atoms. The number of hydrogen-bond donors (Lipinski definition) is 0. The molecule has 2 atom stereocenters. The second-order valence-corrected chi connectivity index (χ2v) is 10.8. The summed E-state index contributed by atoms with van der Waals surface area (Å²) in [7, 11) is 1.62. The van der Waals surface area contributed by atoms with Crippen molar-refractivity contribution in [1.82, 2.24) is 0 Å². The molecule has 0 aromatic heterocycles. The third-order valence-electron chi connectivity index (χ3n) is 5.74. The van der Waals surface area contributed by atoms with Gasteiger partial charge in [0, 0.05) is 11.4 Å². The number of carbonyl (C=O) groups excluding carboxylic acids is 2. The van der Waals surface area contributed by atoms with Gasteiger partial charge >= 0.3 is 5.97 Å². The van der Waals surface area contributed by atoms with E-state index in [2.05, 4.69) is 0 Å². The van der Waals surface area contributed by atoms with Crippen LogP contribution in [0.5, 0.6) is 11.5 Å². The van der Waals surface area contributed by atoms with Crippen LogP contribution in [-0.2, 0) is 20.1 Å². The zero-order chi connectivity index (χ0) is 26.6. The first-order chi connectivity index (χ1) is 17.6. The number of rotatable bonds is 9. The summed E-state index contributed by atoms with van der Waals surface area (Å²) in [5.74, 6) is 1.13. The zero-order valence-corrected chi connectivity index (χ0v) is 22.1. The van der Waals surface area contributed by atoms with Crippen molar-refractivity contribution in [1.29, 1.82) is 0 Å². The van der Waals surface area contributed by atoms with Gasteiger partial charge in [0.15, 0.2) is 6.61 Å². The average Bonchev–Trinajstić information content (AvgIpc) is 2.87. The Morgan fingerprint density at radius 3 is 2.16 bits per heavy atom. The van der Waals surface area contributed by atoms with E-state index in [0.717, 1.165) is 16.9 Å². The highest BCUT2D eigenvalue weighted by molar-refractivity contribution is 8.00. The van der Waals surface area contributed by atoms with Crippen molar-refractivity contribution in [2.75, 3.05) is 18.6 Å². The van der Waals surface area contributed by atoms with Gasteiger partial charge in [-0.3, -0.25) is 4.79 Å². The Balaban J connectivity index is 1.49. The lowest BCUT2D eigenvalue weighted by atomic mass is 9.92. The molecule has 4 rings (SSSR count). The number of anilines is 1. The monoisotopic (exact) mass is 523 g/mol. The first-order valence-electron chi connectivity index (χ1n) is 11.9. The Labute approximate surface area is 220 Å². The molecule has 0 bridgehead atoms. The minimum atomic E-state index is -0.580. The van der Waals surface area contributed by atoms with Gasteiger partial charge in [-0.1, -0.05) is 24.3 Å². The standard InChI is InChI=1S/C29H30FNO5S/c1-29(2,3)36-25(32)17-35-24-15-7-20(8-16-24)26-27(37-18-19-5-13-23(34-4)14-6-19)28(33)31(26)22-11-9-21(30)10-12-22/h5-16,26-27H,17-18H2,1-4H3/t26?,27-/m1/s1. The van der Waals surface area contributed by atoms with E-state index in [1.165, 1.54) is 12.1 Å². The maximum Gasteiger partial charge on any atom is 0.344 e. The molecule has 6 nitrogen and oxygen atoms in total. The molecule has 0 spiro atoms. The summed E-state index contributed by atoms with van der Waals surface area (Å²) >= 11 is 1.57. The van der Waals surface area contributed by atoms with Gasteiger partial charge in [0.1, 0.15) is 28.2 Å². The summed E-state index contributed by atoms with van der Waals surface area (Å²) in [6.07, 6.45) is 0. The highest BCUT2D eigenvalue weighted by Gasteiger charge is 2.49. The molecule has 1 unspecified atom stereocenters. The lowest BCUT2D eigenvalue weighted by Crippen LogP contribution is -2.57. The molecule has 1 aliphatic heterocycles. The molecule has 0 aliphatic carbocycles. The molecular formula is C29H30FNO5S. The summed E-state index contributed by atoms with van der Waals surface area (Å²) in [4.78, 5) is 26.9. The third-order valence-corrected chi connectivity index (χ3v) is 7.06. The molecule has 8 heteroatoms. The van der Waals surface area contributed by atoms with E-state index in [4.69, 9.17) is 14.2 Å². The van der Waals surface area contributed by atoms with Crippen molar-refractivity contribution < 1.29 is 28.2 Å². The SMILES string of the molecule is COc1ccc(CS[C@H]2C(=O)N(c3ccc(F)cc3)C2c2ccc(OCC(=O)OC(C)(C)C)cc2)cc1. The van der Waals surface area contributed by atoms with Crippen molar-refractivity contribution >= 4 is 29.3 Å². The van der Waals surface area contributed by atoms with Gasteiger partial charge in [-0.2, -0.15) is 0 Å². The Morgan fingerprint density at radius 2 is 1.57 bits per heavy atom. The van der Waals surface area contributed by atoms with E-state index >= 15 is 0 Å². The average molecular weight is 524 g/mol. The highest BCUT2D eigenvalue weighted by atomic mass is 32.2. The van der Waals surface area contributed by atoms with Gasteiger partial charge < -0.3 is 19.1 Å². The molecule has 3 aromatic carbocycles. The van der Waals surface area contributed by atoms with Crippen LogP contribution in [0, 0.1) is 5.82 Å². The normalized spacial score (nSPS) is 17.2. The van der Waals surface area contributed by atoms with Gasteiger partial charge in [0.25, 0.3) is 0 Å². The van der Waals surface area contributed by atoms with E-state index in [0.29, 0.717) is 17.2 Å². The van der Waals surface area contributed by atoms with Crippen LogP contribution >= 0.6 is 11.8 Å². The smallest absolute Gasteiger partial charge is 0.344 e. The van der Waals surface area contributed by atoms with Crippen LogP contribution < -0.4 is 14.4 Å². The quantitative estimate of drug-likeness (QED) is 0.255. The van der Waals surface area contributed by atoms with Crippen LogP contribution in [0.4, 0.5) is 10.1 Å². The second kappa shape index (κ2) is 11.3. The number of hydrogen-bond acceptors (Lipinski definition) is 6. The number of benzene rings is 3. The van der Waals surface area contributed by atoms with Gasteiger partial charge in [0.05, 0.1) is 13.2 Å². The Bertz CT molecular complexity index is 1220. The molecule has 1 saturated heterocycles. The van der Waals surface area contributed by atoms with Crippen LogP contribution in [-0.4, -0.2) is 36.4 Å². The number of amides is 1. The molecular weight excluding hydrogens is 493 g/mol. The topological polar surface area (TPSA) is 65.1 Å². The summed E-state index contributed by atoms with van der Waals surface area (Å²) in [6, 6.07) is 20.8. The van der Waals surface area contributed by atoms with E-state index in [9.17, 15) is 14.0 Å². The fourth-order valence-electron chi connectivity index (χ4n) is 4.02. The molecule has 3 aromatic rings. The predicted molar refractivity (Wildman–Crippen MR) is 142 cm³/mol. The summed E-state index contributed by atoms with van der Waals surface area (Å²) < 4.78 is 29.6. The molecule has 0 saturated carbocycles. The fourth-order valence-corrected chi connectivity index (χ4v) is 5.30. The van der Waals surface area contributed by atoms with Gasteiger partial charge in [0.2, 0.25) is 5.91 Å². The van der Waals surface area contributed by atoms with Gasteiger partial charge in [-0.05, 0) is 80.4 Å². The second-order valence-electron chi connectivity index (χ2n) is 9.65. The number of methoxy groups -OCH3 is 1. The van der Waals surface area contributed by atoms with Crippen LogP contribution in [0.25, 0.3) is 0 Å². The van der Waals surface area contributed by atoms with Crippen molar-refractivity contribution in [3.8, 4) is 11.5 Å². The van der Waals surface area contributed by atoms with Crippen LogP contribution in [0.2, 0.25) is 0 Å². The minimum absolute atomic E-state index is 0.0274. The number of β-lactam (4-membered cyclic amide) rings is 1. The van der Waals surface area contributed by atoms with E-state index in [-0.39, 0.29) is 29.6 Å². The molecule has 0 N–H and O–H groups in total. The maximum absolute atomic E-state index is 13.5. The fraction of sp³-hybridized carbons (Fsp3) is 0.310. The van der Waals surface area contributed by atoms with E-state index in [1.54, 1.807) is 68.8 Å². The summed E-state index contributed by atoms with van der Waals surface area (Å²) in [5, 5.41) is -0.305. The lowest BCUT2D eigenvalue weighted by Gasteiger charge is -2.47. The number of ether oxygens (including phenoxy) is 3. The van der Waals surface area contributed by atoms with Crippen molar-refractivity contribution in [2.24, 2.45) is 0 Å². The molecule has 1 fully saturated rings. The first kappa shape index (κ1) is 26.5. The summed E-state index contributed by atoms with van der Waals surface area (Å²) in [5.41, 5.74) is 2.07. The number of halogens is 1. The number of nitrogens with zero attached hydrogens (tertiary/aromatic N) is 1. The highest BCUT2D eigenvalue weighted by Crippen LogP contribution is 2.46. The van der Waals surface area contributed by atoms with E-state index < -0.39 is 11.6 Å². The number of thioether (sulfide) groups is 1. The Kier molecular flexibility index (Phi) is 8.07. The minimum Gasteiger partial charge on any atom is -0.497 e. The van der Waals surface area contributed by atoms with Crippen molar-refractivity contribution in [2.45, 2.75) is 43.4 Å². The maximum atomic E-state index is 13.5. The predicted octanol–water partition coefficient (Wildman–Crippen LogP) is 5.94. The molecule has 1 amide bonds. The largest absolute Gasteiger partial charge is 0.497 e. The van der Waals surface area contributed by atoms with Crippen LogP contribution in [0.1, 0.15) is 37.9 Å². The van der Waals surface area contributed by atoms with Crippen LogP contribution in [0.15, 0.2) is 72.8 Å². The lowest BCUT2D eigenvalue weighted by molar-refractivity contribution is -0.157. The first-order valence-corrected chi connectivity index (χ1v) is 13.0. The van der Waals surface area contributed by atoms with Gasteiger partial charge in [-0.15, -0.1) is 11.8 Å². The number of esters is 1. The summed E-state index contributed by atoms with van der Waals surface area (Å²) in [6.45, 7) is 5.21. The molecule has 194 valence electrons. The Morgan fingerprint density at radius 1 is 0.946 bits per heavy atom. The van der Waals surface area contributed by atoms with Crippen LogP contribution in [0.3, 0.4) is 0 Å².